The van der Waals surface area contributed by atoms with E-state index < -0.39 is 0 Å². The van der Waals surface area contributed by atoms with Crippen LogP contribution in [0, 0.1) is 5.92 Å². The Balaban J connectivity index is 0.000000561. The van der Waals surface area contributed by atoms with E-state index in [2.05, 4.69) is 25.2 Å². The van der Waals surface area contributed by atoms with Gasteiger partial charge in [-0.3, -0.25) is 0 Å². The molecule has 0 aliphatic heterocycles. The van der Waals surface area contributed by atoms with Crippen molar-refractivity contribution >= 4 is 0 Å². The molecule has 1 heteroatoms. The number of rotatable bonds is 0. The van der Waals surface area contributed by atoms with Crippen LogP contribution in [0.5, 0.6) is 0 Å². The lowest BCUT2D eigenvalue weighted by Crippen LogP contribution is -1.99. The van der Waals surface area contributed by atoms with Crippen molar-refractivity contribution in [2.75, 3.05) is 0 Å². The molecule has 0 aromatic rings. The van der Waals surface area contributed by atoms with Gasteiger partial charge in [0.15, 0.2) is 0 Å². The zero-order valence-electron chi connectivity index (χ0n) is 8.46. The normalized spacial score (nSPS) is 21.5. The Morgan fingerprint density at radius 1 is 1.33 bits per heavy atom. The monoisotopic (exact) mass is 165 g/mol. The van der Waals surface area contributed by atoms with Crippen molar-refractivity contribution in [3.05, 3.63) is 35.6 Å². The van der Waals surface area contributed by atoms with E-state index in [0.717, 1.165) is 11.3 Å². The third kappa shape index (κ3) is 3.42. The minimum atomic E-state index is 0.466. The van der Waals surface area contributed by atoms with Crippen molar-refractivity contribution in [3.63, 3.8) is 0 Å². The van der Waals surface area contributed by atoms with Crippen LogP contribution in [0.25, 0.3) is 0 Å². The van der Waals surface area contributed by atoms with Gasteiger partial charge in [0.1, 0.15) is 0 Å². The zero-order valence-corrected chi connectivity index (χ0v) is 8.46. The molecule has 1 nitrogen and oxygen atoms in total. The molecule has 68 valence electrons. The molecule has 0 amide bonds. The average Bonchev–Trinajstić information content (AvgIpc) is 2.19. The first-order valence-corrected chi connectivity index (χ1v) is 4.53. The molecular weight excluding hydrogens is 146 g/mol. The van der Waals surface area contributed by atoms with Gasteiger partial charge in [0.25, 0.3) is 0 Å². The highest BCUT2D eigenvalue weighted by atomic mass is 14.6. The first-order valence-electron chi connectivity index (χ1n) is 4.53. The van der Waals surface area contributed by atoms with E-state index in [-0.39, 0.29) is 0 Å². The standard InChI is InChI=1S/C9H13N.C2H6/c1-7-4-3-5-8(2)9(10)6-7;1-2/h3-7H,10H2,1-2H3;1-2H3. The van der Waals surface area contributed by atoms with E-state index in [4.69, 9.17) is 5.73 Å². The summed E-state index contributed by atoms with van der Waals surface area (Å²) in [5, 5.41) is 0. The smallest absolute Gasteiger partial charge is 0.0309 e. The molecule has 12 heavy (non-hydrogen) atoms. The van der Waals surface area contributed by atoms with Crippen LogP contribution in [0.4, 0.5) is 0 Å². The second kappa shape index (κ2) is 5.64. The number of hydrogen-bond acceptors (Lipinski definition) is 1. The van der Waals surface area contributed by atoms with Gasteiger partial charge in [-0.15, -0.1) is 0 Å². The van der Waals surface area contributed by atoms with Crippen LogP contribution >= 0.6 is 0 Å². The molecule has 1 aliphatic rings. The largest absolute Gasteiger partial charge is 0.399 e. The lowest BCUT2D eigenvalue weighted by molar-refractivity contribution is 0.928. The van der Waals surface area contributed by atoms with Crippen molar-refractivity contribution in [2.45, 2.75) is 27.7 Å². The van der Waals surface area contributed by atoms with E-state index in [1.165, 1.54) is 0 Å². The molecule has 1 rings (SSSR count). The fourth-order valence-corrected chi connectivity index (χ4v) is 0.942. The molecule has 0 bridgehead atoms. The maximum Gasteiger partial charge on any atom is 0.0309 e. The van der Waals surface area contributed by atoms with E-state index in [0.29, 0.717) is 5.92 Å². The number of nitrogens with two attached hydrogens (primary N) is 1. The minimum Gasteiger partial charge on any atom is -0.399 e. The van der Waals surface area contributed by atoms with Crippen molar-refractivity contribution in [3.8, 4) is 0 Å². The highest BCUT2D eigenvalue weighted by Crippen LogP contribution is 2.12. The topological polar surface area (TPSA) is 26.0 Å². The summed E-state index contributed by atoms with van der Waals surface area (Å²) in [5.74, 6) is 0.466. The summed E-state index contributed by atoms with van der Waals surface area (Å²) in [6.07, 6.45) is 8.28. The van der Waals surface area contributed by atoms with E-state index >= 15 is 0 Å². The Hall–Kier alpha value is -0.980. The van der Waals surface area contributed by atoms with Crippen LogP contribution in [0.1, 0.15) is 27.7 Å². The van der Waals surface area contributed by atoms with Gasteiger partial charge in [0.05, 0.1) is 0 Å². The molecule has 0 aromatic heterocycles. The molecule has 0 saturated carbocycles. The fourth-order valence-electron chi connectivity index (χ4n) is 0.942. The van der Waals surface area contributed by atoms with Crippen LogP contribution in [0.3, 0.4) is 0 Å². The molecule has 0 aromatic carbocycles. The molecule has 0 heterocycles. The Kier molecular flexibility index (Phi) is 5.18. The molecule has 2 N–H and O–H groups in total. The van der Waals surface area contributed by atoms with E-state index in [9.17, 15) is 0 Å². The molecule has 0 saturated heterocycles. The highest BCUT2D eigenvalue weighted by molar-refractivity contribution is 5.33. The summed E-state index contributed by atoms with van der Waals surface area (Å²) in [4.78, 5) is 0. The predicted molar refractivity (Wildman–Crippen MR) is 55.7 cm³/mol. The molecule has 1 atom stereocenters. The Bertz CT molecular complexity index is 209. The number of allylic oxidation sites excluding steroid dienone is 5. The molecule has 0 spiro atoms. The van der Waals surface area contributed by atoms with Gasteiger partial charge in [0, 0.05) is 5.70 Å². The van der Waals surface area contributed by atoms with E-state index in [1.54, 1.807) is 0 Å². The van der Waals surface area contributed by atoms with Gasteiger partial charge in [-0.05, 0) is 18.4 Å². The summed E-state index contributed by atoms with van der Waals surface area (Å²) >= 11 is 0. The Morgan fingerprint density at radius 2 is 1.92 bits per heavy atom. The van der Waals surface area contributed by atoms with Crippen LogP contribution in [-0.2, 0) is 0 Å². The summed E-state index contributed by atoms with van der Waals surface area (Å²) in [6.45, 7) is 8.14. The SMILES string of the molecule is CC.CC1=CC=CC(C)C=C1N. The fraction of sp³-hybridized carbons (Fsp3) is 0.455. The average molecular weight is 165 g/mol. The van der Waals surface area contributed by atoms with Gasteiger partial charge in [-0.2, -0.15) is 0 Å². The van der Waals surface area contributed by atoms with Crippen LogP contribution < -0.4 is 5.73 Å². The van der Waals surface area contributed by atoms with Gasteiger partial charge in [-0.25, -0.2) is 0 Å². The minimum absolute atomic E-state index is 0.466. The predicted octanol–water partition coefficient (Wildman–Crippen LogP) is 3.01. The molecule has 0 radical (unpaired) electrons. The van der Waals surface area contributed by atoms with Gasteiger partial charge in [0.2, 0.25) is 0 Å². The third-order valence-corrected chi connectivity index (χ3v) is 1.66. The van der Waals surface area contributed by atoms with Crippen LogP contribution in [0.15, 0.2) is 35.6 Å². The van der Waals surface area contributed by atoms with E-state index in [1.807, 2.05) is 26.8 Å². The van der Waals surface area contributed by atoms with Crippen molar-refractivity contribution in [2.24, 2.45) is 11.7 Å². The molecular formula is C11H19N. The van der Waals surface area contributed by atoms with Crippen molar-refractivity contribution in [1.82, 2.24) is 0 Å². The highest BCUT2D eigenvalue weighted by Gasteiger charge is 1.99. The quantitative estimate of drug-likeness (QED) is 0.586. The lowest BCUT2D eigenvalue weighted by Gasteiger charge is -1.99. The van der Waals surface area contributed by atoms with Crippen LogP contribution in [-0.4, -0.2) is 0 Å². The molecule has 1 aliphatic carbocycles. The zero-order chi connectivity index (χ0) is 9.56. The summed E-state index contributed by atoms with van der Waals surface area (Å²) < 4.78 is 0. The maximum absolute atomic E-state index is 5.72. The first kappa shape index (κ1) is 11.0. The summed E-state index contributed by atoms with van der Waals surface area (Å²) in [6, 6.07) is 0. The van der Waals surface area contributed by atoms with Crippen molar-refractivity contribution < 1.29 is 0 Å². The number of hydrogen-bond donors (Lipinski definition) is 1. The van der Waals surface area contributed by atoms with Crippen molar-refractivity contribution in [1.29, 1.82) is 0 Å². The third-order valence-electron chi connectivity index (χ3n) is 1.66. The molecule has 0 fully saturated rings. The Labute approximate surface area is 75.7 Å². The van der Waals surface area contributed by atoms with Crippen LogP contribution in [0.2, 0.25) is 0 Å². The van der Waals surface area contributed by atoms with Gasteiger partial charge < -0.3 is 5.73 Å². The lowest BCUT2D eigenvalue weighted by atomic mass is 10.1. The first-order chi connectivity index (χ1) is 5.70. The van der Waals surface area contributed by atoms with Gasteiger partial charge in [-0.1, -0.05) is 45.1 Å². The molecule has 1 unspecified atom stereocenters. The second-order valence-corrected chi connectivity index (χ2v) is 2.72. The maximum atomic E-state index is 5.72. The Morgan fingerprint density at radius 3 is 2.50 bits per heavy atom. The second-order valence-electron chi connectivity index (χ2n) is 2.72. The summed E-state index contributed by atoms with van der Waals surface area (Å²) in [5.41, 5.74) is 7.78. The summed E-state index contributed by atoms with van der Waals surface area (Å²) in [7, 11) is 0. The van der Waals surface area contributed by atoms with Gasteiger partial charge >= 0.3 is 0 Å².